The number of halogens is 2. The molecule has 0 aromatic heterocycles. The summed E-state index contributed by atoms with van der Waals surface area (Å²) in [4.78, 5) is 2.21. The quantitative estimate of drug-likeness (QED) is 0.740. The molecule has 1 aromatic carbocycles. The summed E-state index contributed by atoms with van der Waals surface area (Å²) in [5.41, 5.74) is 0.00217. The third kappa shape index (κ3) is 4.86. The summed E-state index contributed by atoms with van der Waals surface area (Å²) < 4.78 is 6.71. The van der Waals surface area contributed by atoms with Gasteiger partial charge in [-0.1, -0.05) is 22.0 Å². The van der Waals surface area contributed by atoms with Gasteiger partial charge >= 0.3 is 0 Å². The lowest BCUT2D eigenvalue weighted by Gasteiger charge is -2.33. The molecule has 1 rings (SSSR count). The first kappa shape index (κ1) is 14.8. The SMILES string of the molecule is CN(CCOc1cccc(Br)c1)C(C)(C)CCl. The van der Waals surface area contributed by atoms with Crippen molar-refractivity contribution in [2.75, 3.05) is 26.1 Å². The minimum absolute atomic E-state index is 0.00217. The first-order valence-corrected chi connectivity index (χ1v) is 6.94. The van der Waals surface area contributed by atoms with Gasteiger partial charge in [0.1, 0.15) is 12.4 Å². The standard InChI is InChI=1S/C13H19BrClNO/c1-13(2,10-15)16(3)7-8-17-12-6-4-5-11(14)9-12/h4-6,9H,7-8,10H2,1-3H3. The summed E-state index contributed by atoms with van der Waals surface area (Å²) in [5.74, 6) is 1.50. The lowest BCUT2D eigenvalue weighted by molar-refractivity contribution is 0.147. The van der Waals surface area contributed by atoms with E-state index in [1.54, 1.807) is 0 Å². The first-order chi connectivity index (χ1) is 7.95. The number of hydrogen-bond acceptors (Lipinski definition) is 2. The Morgan fingerprint density at radius 1 is 1.41 bits per heavy atom. The average Bonchev–Trinajstić information content (AvgIpc) is 2.29. The van der Waals surface area contributed by atoms with E-state index in [9.17, 15) is 0 Å². The Morgan fingerprint density at radius 2 is 2.12 bits per heavy atom. The van der Waals surface area contributed by atoms with E-state index in [1.165, 1.54) is 0 Å². The van der Waals surface area contributed by atoms with E-state index in [0.29, 0.717) is 12.5 Å². The molecule has 0 unspecified atom stereocenters. The van der Waals surface area contributed by atoms with Gasteiger partial charge in [-0.05, 0) is 39.1 Å². The van der Waals surface area contributed by atoms with Crippen LogP contribution in [0.15, 0.2) is 28.7 Å². The molecule has 0 spiro atoms. The maximum atomic E-state index is 5.92. The first-order valence-electron chi connectivity index (χ1n) is 5.61. The third-order valence-corrected chi connectivity index (χ3v) is 4.00. The van der Waals surface area contributed by atoms with Gasteiger partial charge in [0.2, 0.25) is 0 Å². The van der Waals surface area contributed by atoms with Crippen LogP contribution in [0.4, 0.5) is 0 Å². The summed E-state index contributed by atoms with van der Waals surface area (Å²) in [5, 5.41) is 0. The number of likely N-dealkylation sites (N-methyl/N-ethyl adjacent to an activating group) is 1. The Labute approximate surface area is 117 Å². The van der Waals surface area contributed by atoms with E-state index >= 15 is 0 Å². The van der Waals surface area contributed by atoms with Crippen LogP contribution >= 0.6 is 27.5 Å². The summed E-state index contributed by atoms with van der Waals surface area (Å²) in [6.45, 7) is 5.76. The van der Waals surface area contributed by atoms with Crippen molar-refractivity contribution >= 4 is 27.5 Å². The molecule has 0 radical (unpaired) electrons. The second kappa shape index (κ2) is 6.62. The average molecular weight is 321 g/mol. The van der Waals surface area contributed by atoms with Crippen molar-refractivity contribution in [1.29, 1.82) is 0 Å². The highest BCUT2D eigenvalue weighted by atomic mass is 79.9. The molecule has 17 heavy (non-hydrogen) atoms. The molecule has 0 saturated carbocycles. The Bertz CT molecular complexity index is 357. The highest BCUT2D eigenvalue weighted by molar-refractivity contribution is 9.10. The van der Waals surface area contributed by atoms with Crippen LogP contribution in [0.3, 0.4) is 0 Å². The van der Waals surface area contributed by atoms with Crippen molar-refractivity contribution in [3.63, 3.8) is 0 Å². The molecule has 0 N–H and O–H groups in total. The van der Waals surface area contributed by atoms with Gasteiger partial charge < -0.3 is 4.74 Å². The van der Waals surface area contributed by atoms with Crippen LogP contribution in [0.25, 0.3) is 0 Å². The number of hydrogen-bond donors (Lipinski definition) is 0. The molecule has 0 atom stereocenters. The van der Waals surface area contributed by atoms with E-state index in [1.807, 2.05) is 24.3 Å². The highest BCUT2D eigenvalue weighted by Crippen LogP contribution is 2.18. The second-order valence-corrected chi connectivity index (χ2v) is 5.86. The Hall–Kier alpha value is -0.250. The van der Waals surface area contributed by atoms with Crippen molar-refractivity contribution in [2.24, 2.45) is 0 Å². The molecule has 0 amide bonds. The topological polar surface area (TPSA) is 12.5 Å². The zero-order chi connectivity index (χ0) is 12.9. The van der Waals surface area contributed by atoms with Crippen molar-refractivity contribution in [3.05, 3.63) is 28.7 Å². The van der Waals surface area contributed by atoms with Crippen LogP contribution in [0, 0.1) is 0 Å². The lowest BCUT2D eigenvalue weighted by atomic mass is 10.1. The zero-order valence-electron chi connectivity index (χ0n) is 10.5. The minimum Gasteiger partial charge on any atom is -0.492 e. The van der Waals surface area contributed by atoms with Crippen molar-refractivity contribution in [1.82, 2.24) is 4.90 Å². The molecule has 0 fully saturated rings. The summed E-state index contributed by atoms with van der Waals surface area (Å²) in [6.07, 6.45) is 0. The van der Waals surface area contributed by atoms with Crippen LogP contribution in [-0.2, 0) is 0 Å². The number of nitrogens with zero attached hydrogens (tertiary/aromatic N) is 1. The minimum atomic E-state index is 0.00217. The van der Waals surface area contributed by atoms with Crippen LogP contribution in [-0.4, -0.2) is 36.5 Å². The molecular formula is C13H19BrClNO. The zero-order valence-corrected chi connectivity index (χ0v) is 12.9. The number of rotatable bonds is 6. The molecule has 4 heteroatoms. The van der Waals surface area contributed by atoms with Gasteiger partial charge in [-0.3, -0.25) is 4.90 Å². The number of alkyl halides is 1. The fourth-order valence-corrected chi connectivity index (χ4v) is 1.84. The summed E-state index contributed by atoms with van der Waals surface area (Å²) in [6, 6.07) is 7.87. The van der Waals surface area contributed by atoms with Crippen molar-refractivity contribution < 1.29 is 4.74 Å². The largest absolute Gasteiger partial charge is 0.492 e. The number of ether oxygens (including phenoxy) is 1. The highest BCUT2D eigenvalue weighted by Gasteiger charge is 2.21. The van der Waals surface area contributed by atoms with Gasteiger partial charge in [0.15, 0.2) is 0 Å². The van der Waals surface area contributed by atoms with Crippen LogP contribution < -0.4 is 4.74 Å². The monoisotopic (exact) mass is 319 g/mol. The number of benzene rings is 1. The van der Waals surface area contributed by atoms with Gasteiger partial charge in [0, 0.05) is 22.4 Å². The maximum Gasteiger partial charge on any atom is 0.120 e. The van der Waals surface area contributed by atoms with Crippen LogP contribution in [0.5, 0.6) is 5.75 Å². The third-order valence-electron chi connectivity index (χ3n) is 2.85. The molecule has 0 saturated heterocycles. The van der Waals surface area contributed by atoms with E-state index in [4.69, 9.17) is 16.3 Å². The lowest BCUT2D eigenvalue weighted by Crippen LogP contribution is -2.44. The van der Waals surface area contributed by atoms with Gasteiger partial charge in [-0.2, -0.15) is 0 Å². The molecule has 2 nitrogen and oxygen atoms in total. The van der Waals surface area contributed by atoms with Gasteiger partial charge in [0.05, 0.1) is 0 Å². The van der Waals surface area contributed by atoms with Crippen LogP contribution in [0.2, 0.25) is 0 Å². The fraction of sp³-hybridized carbons (Fsp3) is 0.538. The smallest absolute Gasteiger partial charge is 0.120 e. The molecular weight excluding hydrogens is 302 g/mol. The normalized spacial score (nSPS) is 11.9. The molecule has 96 valence electrons. The van der Waals surface area contributed by atoms with E-state index in [2.05, 4.69) is 41.7 Å². The maximum absolute atomic E-state index is 5.92. The molecule has 0 aliphatic heterocycles. The molecule has 0 bridgehead atoms. The summed E-state index contributed by atoms with van der Waals surface area (Å²) >= 11 is 9.33. The Balaban J connectivity index is 2.38. The van der Waals surface area contributed by atoms with Crippen molar-refractivity contribution in [3.8, 4) is 5.75 Å². The van der Waals surface area contributed by atoms with Gasteiger partial charge in [0.25, 0.3) is 0 Å². The Morgan fingerprint density at radius 3 is 2.71 bits per heavy atom. The Kier molecular flexibility index (Phi) is 5.77. The molecule has 0 aliphatic carbocycles. The van der Waals surface area contributed by atoms with Gasteiger partial charge in [-0.25, -0.2) is 0 Å². The second-order valence-electron chi connectivity index (χ2n) is 4.67. The van der Waals surface area contributed by atoms with Crippen molar-refractivity contribution in [2.45, 2.75) is 19.4 Å². The predicted molar refractivity (Wildman–Crippen MR) is 77.1 cm³/mol. The molecule has 0 aliphatic rings. The van der Waals surface area contributed by atoms with E-state index < -0.39 is 0 Å². The van der Waals surface area contributed by atoms with E-state index in [-0.39, 0.29) is 5.54 Å². The van der Waals surface area contributed by atoms with Crippen LogP contribution in [0.1, 0.15) is 13.8 Å². The van der Waals surface area contributed by atoms with E-state index in [0.717, 1.165) is 16.8 Å². The molecule has 0 heterocycles. The fourth-order valence-electron chi connectivity index (χ4n) is 1.26. The predicted octanol–water partition coefficient (Wildman–Crippen LogP) is 3.78. The molecule has 1 aromatic rings. The summed E-state index contributed by atoms with van der Waals surface area (Å²) in [7, 11) is 2.06. The van der Waals surface area contributed by atoms with Gasteiger partial charge in [-0.15, -0.1) is 11.6 Å².